The SMILES string of the molecule is CN(C(=O)CON=Cc1ccc(N2CCOCC2)cc1)c1ccccc1. The van der Waals surface area contributed by atoms with Gasteiger partial charge in [0.15, 0.2) is 6.61 Å². The van der Waals surface area contributed by atoms with Crippen LogP contribution in [0.25, 0.3) is 0 Å². The summed E-state index contributed by atoms with van der Waals surface area (Å²) in [5, 5.41) is 3.89. The Bertz CT molecular complexity index is 726. The first-order valence-corrected chi connectivity index (χ1v) is 8.64. The largest absolute Gasteiger partial charge is 0.386 e. The molecule has 136 valence electrons. The predicted molar refractivity (Wildman–Crippen MR) is 103 cm³/mol. The molecule has 1 aliphatic rings. The highest BCUT2D eigenvalue weighted by Crippen LogP contribution is 2.16. The zero-order valence-electron chi connectivity index (χ0n) is 14.9. The molecule has 1 amide bonds. The summed E-state index contributed by atoms with van der Waals surface area (Å²) < 4.78 is 5.36. The third-order valence-corrected chi connectivity index (χ3v) is 4.25. The Balaban J connectivity index is 1.47. The monoisotopic (exact) mass is 353 g/mol. The molecule has 0 bridgehead atoms. The van der Waals surface area contributed by atoms with Gasteiger partial charge in [-0.2, -0.15) is 0 Å². The lowest BCUT2D eigenvalue weighted by Crippen LogP contribution is -2.36. The lowest BCUT2D eigenvalue weighted by atomic mass is 10.2. The number of nitrogens with zero attached hydrogens (tertiary/aromatic N) is 3. The minimum Gasteiger partial charge on any atom is -0.386 e. The Morgan fingerprint density at radius 2 is 1.85 bits per heavy atom. The molecule has 1 saturated heterocycles. The number of benzene rings is 2. The van der Waals surface area contributed by atoms with Gasteiger partial charge in [-0.25, -0.2) is 0 Å². The van der Waals surface area contributed by atoms with Gasteiger partial charge < -0.3 is 19.4 Å². The third kappa shape index (κ3) is 4.83. The Hall–Kier alpha value is -2.86. The number of likely N-dealkylation sites (N-methyl/N-ethyl adjacent to an activating group) is 1. The fourth-order valence-electron chi connectivity index (χ4n) is 2.68. The summed E-state index contributed by atoms with van der Waals surface area (Å²) in [6, 6.07) is 17.5. The van der Waals surface area contributed by atoms with Crippen LogP contribution in [0.15, 0.2) is 59.8 Å². The van der Waals surface area contributed by atoms with Crippen molar-refractivity contribution in [2.24, 2.45) is 5.16 Å². The summed E-state index contributed by atoms with van der Waals surface area (Å²) in [4.78, 5) is 21.1. The third-order valence-electron chi connectivity index (χ3n) is 4.25. The molecule has 0 saturated carbocycles. The molecule has 6 nitrogen and oxygen atoms in total. The van der Waals surface area contributed by atoms with E-state index in [2.05, 4.69) is 22.2 Å². The molecule has 2 aromatic carbocycles. The number of ether oxygens (including phenoxy) is 1. The van der Waals surface area contributed by atoms with E-state index in [-0.39, 0.29) is 12.5 Å². The fraction of sp³-hybridized carbons (Fsp3) is 0.300. The average Bonchev–Trinajstić information content (AvgIpc) is 2.72. The Morgan fingerprint density at radius 1 is 1.15 bits per heavy atom. The predicted octanol–water partition coefficient (Wildman–Crippen LogP) is 2.54. The number of amides is 1. The molecule has 2 aromatic rings. The van der Waals surface area contributed by atoms with Crippen molar-refractivity contribution in [3.63, 3.8) is 0 Å². The molecule has 0 spiro atoms. The maximum atomic E-state index is 12.1. The molecule has 0 atom stereocenters. The molecular weight excluding hydrogens is 330 g/mol. The van der Waals surface area contributed by atoms with Crippen molar-refractivity contribution in [2.75, 3.05) is 49.8 Å². The van der Waals surface area contributed by atoms with E-state index in [1.165, 1.54) is 5.69 Å². The normalized spacial score (nSPS) is 14.4. The van der Waals surface area contributed by atoms with Gasteiger partial charge in [0, 0.05) is 31.5 Å². The molecule has 1 heterocycles. The molecule has 1 aliphatic heterocycles. The number of morpholine rings is 1. The smallest absolute Gasteiger partial charge is 0.267 e. The highest BCUT2D eigenvalue weighted by molar-refractivity contribution is 5.93. The van der Waals surface area contributed by atoms with E-state index in [1.807, 2.05) is 42.5 Å². The molecule has 0 aliphatic carbocycles. The molecule has 0 unspecified atom stereocenters. The highest BCUT2D eigenvalue weighted by Gasteiger charge is 2.11. The molecule has 0 radical (unpaired) electrons. The Labute approximate surface area is 153 Å². The van der Waals surface area contributed by atoms with Crippen LogP contribution < -0.4 is 9.80 Å². The summed E-state index contributed by atoms with van der Waals surface area (Å²) in [6.45, 7) is 3.25. The number of carbonyl (C=O) groups excluding carboxylic acids is 1. The van der Waals surface area contributed by atoms with Crippen molar-refractivity contribution in [2.45, 2.75) is 0 Å². The van der Waals surface area contributed by atoms with Crippen LogP contribution >= 0.6 is 0 Å². The molecular formula is C20H23N3O3. The zero-order valence-corrected chi connectivity index (χ0v) is 14.9. The summed E-state index contributed by atoms with van der Waals surface area (Å²) in [5.74, 6) is -0.156. The first-order chi connectivity index (χ1) is 12.7. The van der Waals surface area contributed by atoms with Crippen molar-refractivity contribution in [3.8, 4) is 0 Å². The standard InChI is InChI=1S/C20H23N3O3/c1-22(18-5-3-2-4-6-18)20(24)16-26-21-15-17-7-9-19(10-8-17)23-11-13-25-14-12-23/h2-10,15H,11-14,16H2,1H3. The van der Waals surface area contributed by atoms with Crippen LogP contribution in [0.4, 0.5) is 11.4 Å². The topological polar surface area (TPSA) is 54.4 Å². The molecule has 1 fully saturated rings. The Morgan fingerprint density at radius 3 is 2.54 bits per heavy atom. The van der Waals surface area contributed by atoms with Gasteiger partial charge in [-0.1, -0.05) is 35.5 Å². The summed E-state index contributed by atoms with van der Waals surface area (Å²) in [5.41, 5.74) is 2.92. The minimum absolute atomic E-state index is 0.103. The van der Waals surface area contributed by atoms with Crippen LogP contribution in [0, 0.1) is 0 Å². The van der Waals surface area contributed by atoms with Gasteiger partial charge in [0.1, 0.15) is 0 Å². The van der Waals surface area contributed by atoms with E-state index < -0.39 is 0 Å². The van der Waals surface area contributed by atoms with Crippen LogP contribution in [0.2, 0.25) is 0 Å². The zero-order chi connectivity index (χ0) is 18.2. The maximum absolute atomic E-state index is 12.1. The quantitative estimate of drug-likeness (QED) is 0.592. The second-order valence-electron chi connectivity index (χ2n) is 5.99. The minimum atomic E-state index is -0.156. The lowest BCUT2D eigenvalue weighted by molar-refractivity contribution is -0.122. The van der Waals surface area contributed by atoms with E-state index in [4.69, 9.17) is 9.57 Å². The van der Waals surface area contributed by atoms with Gasteiger partial charge in [-0.05, 0) is 29.8 Å². The fourth-order valence-corrected chi connectivity index (χ4v) is 2.68. The van der Waals surface area contributed by atoms with Gasteiger partial charge in [-0.15, -0.1) is 0 Å². The van der Waals surface area contributed by atoms with Crippen molar-refractivity contribution in [1.29, 1.82) is 0 Å². The van der Waals surface area contributed by atoms with Crippen LogP contribution in [0.1, 0.15) is 5.56 Å². The number of rotatable bonds is 6. The number of para-hydroxylation sites is 1. The number of anilines is 2. The van der Waals surface area contributed by atoms with Crippen LogP contribution in [0.5, 0.6) is 0 Å². The van der Waals surface area contributed by atoms with Crippen LogP contribution in [0.3, 0.4) is 0 Å². The molecule has 26 heavy (non-hydrogen) atoms. The first-order valence-electron chi connectivity index (χ1n) is 8.64. The second kappa shape index (κ2) is 9.01. The number of hydrogen-bond donors (Lipinski definition) is 0. The van der Waals surface area contributed by atoms with Crippen molar-refractivity contribution < 1.29 is 14.4 Å². The van der Waals surface area contributed by atoms with Gasteiger partial charge in [0.25, 0.3) is 5.91 Å². The highest BCUT2D eigenvalue weighted by atomic mass is 16.6. The molecule has 0 aromatic heterocycles. The second-order valence-corrected chi connectivity index (χ2v) is 5.99. The average molecular weight is 353 g/mol. The van der Waals surface area contributed by atoms with Gasteiger partial charge in [-0.3, -0.25) is 4.79 Å². The van der Waals surface area contributed by atoms with Gasteiger partial charge >= 0.3 is 0 Å². The number of oxime groups is 1. The summed E-state index contributed by atoms with van der Waals surface area (Å²) in [6.07, 6.45) is 1.61. The van der Waals surface area contributed by atoms with Crippen LogP contribution in [-0.4, -0.2) is 52.1 Å². The first kappa shape index (κ1) is 17.9. The van der Waals surface area contributed by atoms with Crippen molar-refractivity contribution >= 4 is 23.5 Å². The maximum Gasteiger partial charge on any atom is 0.267 e. The van der Waals surface area contributed by atoms with Crippen molar-refractivity contribution in [1.82, 2.24) is 0 Å². The summed E-state index contributed by atoms with van der Waals surface area (Å²) >= 11 is 0. The van der Waals surface area contributed by atoms with Crippen LogP contribution in [-0.2, 0) is 14.4 Å². The van der Waals surface area contributed by atoms with Gasteiger partial charge in [0.2, 0.25) is 0 Å². The summed E-state index contributed by atoms with van der Waals surface area (Å²) in [7, 11) is 1.72. The van der Waals surface area contributed by atoms with E-state index in [0.717, 1.165) is 37.6 Å². The van der Waals surface area contributed by atoms with E-state index in [0.29, 0.717) is 0 Å². The van der Waals surface area contributed by atoms with E-state index in [1.54, 1.807) is 18.2 Å². The molecule has 0 N–H and O–H groups in total. The molecule has 6 heteroatoms. The molecule has 3 rings (SSSR count). The number of hydrogen-bond acceptors (Lipinski definition) is 5. The Kier molecular flexibility index (Phi) is 6.22. The van der Waals surface area contributed by atoms with Crippen molar-refractivity contribution in [3.05, 3.63) is 60.2 Å². The van der Waals surface area contributed by atoms with E-state index >= 15 is 0 Å². The van der Waals surface area contributed by atoms with E-state index in [9.17, 15) is 4.79 Å². The number of carbonyl (C=O) groups is 1. The van der Waals surface area contributed by atoms with Gasteiger partial charge in [0.05, 0.1) is 19.4 Å². The lowest BCUT2D eigenvalue weighted by Gasteiger charge is -2.28.